The largest absolute Gasteiger partial charge is 0.756 e. The van der Waals surface area contributed by atoms with Crippen molar-refractivity contribution in [3.05, 3.63) is 60.8 Å². The molecule has 0 rings (SSSR count). The lowest BCUT2D eigenvalue weighted by atomic mass is 10.0. The molecule has 2 unspecified atom stereocenters. The Morgan fingerprint density at radius 3 is 1.58 bits per heavy atom. The number of carbonyl (C=O) groups excluding carboxylic acids is 1. The number of quaternary nitrogens is 1. The number of phosphoric acid groups is 1. The van der Waals surface area contributed by atoms with Crippen molar-refractivity contribution in [3.63, 3.8) is 0 Å². The minimum absolute atomic E-state index is 0.0192. The topological polar surface area (TPSA) is 94.1 Å². The lowest BCUT2D eigenvalue weighted by Gasteiger charge is -2.28. The maximum Gasteiger partial charge on any atom is 0.306 e. The number of unbranched alkanes of at least 4 members (excludes halogenated alkanes) is 16. The maximum atomic E-state index is 12.7. The van der Waals surface area contributed by atoms with E-state index in [4.69, 9.17) is 18.5 Å². The second kappa shape index (κ2) is 39.0. The Morgan fingerprint density at radius 2 is 1.05 bits per heavy atom. The van der Waals surface area contributed by atoms with Crippen molar-refractivity contribution >= 4 is 13.8 Å². The van der Waals surface area contributed by atoms with Crippen LogP contribution in [0.25, 0.3) is 0 Å². The molecule has 8 nitrogen and oxygen atoms in total. The van der Waals surface area contributed by atoms with E-state index < -0.39 is 13.9 Å². The van der Waals surface area contributed by atoms with Crippen molar-refractivity contribution in [2.45, 2.75) is 174 Å². The van der Waals surface area contributed by atoms with E-state index in [1.807, 2.05) is 21.1 Å². The number of esters is 1. The number of allylic oxidation sites excluding steroid dienone is 10. The number of carbonyl (C=O) groups is 1. The van der Waals surface area contributed by atoms with Crippen LogP contribution in [0.5, 0.6) is 0 Å². The molecule has 0 aliphatic carbocycles. The van der Waals surface area contributed by atoms with Gasteiger partial charge in [0.1, 0.15) is 19.3 Å². The third-order valence-corrected chi connectivity index (χ3v) is 10.0. The van der Waals surface area contributed by atoms with Crippen LogP contribution in [0.2, 0.25) is 0 Å². The van der Waals surface area contributed by atoms with E-state index in [2.05, 4.69) is 74.6 Å². The molecule has 0 heterocycles. The molecule has 0 aromatic carbocycles. The summed E-state index contributed by atoms with van der Waals surface area (Å²) in [5.41, 5.74) is 0. The van der Waals surface area contributed by atoms with Gasteiger partial charge in [-0.3, -0.25) is 9.36 Å². The quantitative estimate of drug-likeness (QED) is 0.0200. The molecular weight excluding hydrogens is 709 g/mol. The lowest BCUT2D eigenvalue weighted by Crippen LogP contribution is -2.37. The average Bonchev–Trinajstić information content (AvgIpc) is 3.13. The fourth-order valence-corrected chi connectivity index (χ4v) is 6.42. The zero-order valence-corrected chi connectivity index (χ0v) is 37.0. The predicted octanol–water partition coefficient (Wildman–Crippen LogP) is 12.3. The van der Waals surface area contributed by atoms with Gasteiger partial charge in [0, 0.05) is 13.0 Å². The van der Waals surface area contributed by atoms with Gasteiger partial charge >= 0.3 is 5.97 Å². The van der Waals surface area contributed by atoms with Gasteiger partial charge in [0.15, 0.2) is 0 Å². The molecule has 9 heteroatoms. The number of rotatable bonds is 40. The average molecular weight is 794 g/mol. The van der Waals surface area contributed by atoms with Gasteiger partial charge < -0.3 is 27.9 Å². The van der Waals surface area contributed by atoms with Gasteiger partial charge in [-0.15, -0.1) is 0 Å². The van der Waals surface area contributed by atoms with E-state index >= 15 is 0 Å². The van der Waals surface area contributed by atoms with Crippen LogP contribution in [-0.4, -0.2) is 70.7 Å². The molecule has 0 spiro atoms. The van der Waals surface area contributed by atoms with Gasteiger partial charge in [-0.1, -0.05) is 164 Å². The highest BCUT2D eigenvalue weighted by Gasteiger charge is 2.20. The zero-order valence-electron chi connectivity index (χ0n) is 36.1. The van der Waals surface area contributed by atoms with Crippen molar-refractivity contribution in [1.29, 1.82) is 0 Å². The van der Waals surface area contributed by atoms with Crippen molar-refractivity contribution < 1.29 is 37.3 Å². The van der Waals surface area contributed by atoms with Crippen LogP contribution in [0.3, 0.4) is 0 Å². The smallest absolute Gasteiger partial charge is 0.306 e. The molecule has 0 N–H and O–H groups in total. The summed E-state index contributed by atoms with van der Waals surface area (Å²) in [5, 5.41) is 0. The van der Waals surface area contributed by atoms with Gasteiger partial charge in [0.2, 0.25) is 0 Å². The van der Waals surface area contributed by atoms with Crippen LogP contribution in [0.1, 0.15) is 168 Å². The van der Waals surface area contributed by atoms with E-state index in [-0.39, 0.29) is 25.8 Å². The van der Waals surface area contributed by atoms with Crippen molar-refractivity contribution in [1.82, 2.24) is 0 Å². The highest BCUT2D eigenvalue weighted by molar-refractivity contribution is 7.45. The van der Waals surface area contributed by atoms with E-state index in [0.717, 1.165) is 83.5 Å². The van der Waals surface area contributed by atoms with Crippen LogP contribution >= 0.6 is 7.82 Å². The van der Waals surface area contributed by atoms with Crippen LogP contribution < -0.4 is 4.89 Å². The molecule has 0 amide bonds. The van der Waals surface area contributed by atoms with Crippen molar-refractivity contribution in [2.75, 3.05) is 54.1 Å². The SMILES string of the molecule is CC/C=C\C/C=C\C/C=C\C/C=C\C/C=C\CCCCCCOCC(COP(=O)([O-])OCC[N+](C)(C)C)OC(=O)CCCCCCCCCCCCCCC. The first kappa shape index (κ1) is 53.2. The summed E-state index contributed by atoms with van der Waals surface area (Å²) in [6, 6.07) is 0. The highest BCUT2D eigenvalue weighted by Crippen LogP contribution is 2.38. The Bertz CT molecular complexity index is 1060. The fraction of sp³-hybridized carbons (Fsp3) is 0.761. The Kier molecular flexibility index (Phi) is 37.8. The number of ether oxygens (including phenoxy) is 2. The Morgan fingerprint density at radius 1 is 0.582 bits per heavy atom. The first-order valence-corrected chi connectivity index (χ1v) is 23.5. The van der Waals surface area contributed by atoms with Crippen LogP contribution in [0.4, 0.5) is 0 Å². The monoisotopic (exact) mass is 794 g/mol. The minimum Gasteiger partial charge on any atom is -0.756 e. The maximum absolute atomic E-state index is 12.7. The summed E-state index contributed by atoms with van der Waals surface area (Å²) in [5.74, 6) is -0.345. The van der Waals surface area contributed by atoms with E-state index in [1.54, 1.807) is 0 Å². The first-order valence-electron chi connectivity index (χ1n) is 22.0. The lowest BCUT2D eigenvalue weighted by molar-refractivity contribution is -0.870. The van der Waals surface area contributed by atoms with E-state index in [1.165, 1.54) is 64.2 Å². The summed E-state index contributed by atoms with van der Waals surface area (Å²) < 4.78 is 34.5. The van der Waals surface area contributed by atoms with Crippen LogP contribution in [0.15, 0.2) is 60.8 Å². The van der Waals surface area contributed by atoms with E-state index in [9.17, 15) is 14.3 Å². The third kappa shape index (κ3) is 43.2. The third-order valence-electron chi connectivity index (χ3n) is 9.08. The standard InChI is InChI=1S/C46H84NO7P/c1-6-8-10-12-14-16-18-20-21-22-23-24-25-26-28-30-32-34-36-38-41-51-43-45(44-53-55(49,50)52-42-40-47(3,4)5)54-46(48)39-37-35-33-31-29-27-19-17-15-13-11-9-7-2/h8,10,14,16,20-21,23-24,26,28,45H,6-7,9,11-13,15,17-19,22,25,27,29-44H2,1-5H3/b10-8-,16-14-,21-20-,24-23-,28-26-. The zero-order chi connectivity index (χ0) is 40.6. The second-order valence-corrected chi connectivity index (χ2v) is 17.1. The Hall–Kier alpha value is -1.80. The molecule has 0 aliphatic heterocycles. The molecule has 0 bridgehead atoms. The van der Waals surface area contributed by atoms with Gasteiger partial charge in [-0.25, -0.2) is 0 Å². The van der Waals surface area contributed by atoms with Gasteiger partial charge in [0.25, 0.3) is 7.82 Å². The molecule has 0 radical (unpaired) electrons. The molecule has 0 aromatic heterocycles. The number of phosphoric ester groups is 1. The normalized spacial score (nSPS) is 14.4. The Labute approximate surface area is 339 Å². The molecule has 320 valence electrons. The molecule has 0 saturated carbocycles. The summed E-state index contributed by atoms with van der Waals surface area (Å²) in [4.78, 5) is 25.0. The minimum atomic E-state index is -4.53. The van der Waals surface area contributed by atoms with Gasteiger partial charge in [0.05, 0.1) is 34.4 Å². The number of hydrogen-bond acceptors (Lipinski definition) is 7. The number of likely N-dealkylation sites (N-methyl/N-ethyl adjacent to an activating group) is 1. The molecule has 0 aliphatic rings. The second-order valence-electron chi connectivity index (χ2n) is 15.7. The summed E-state index contributed by atoms with van der Waals surface area (Å²) >= 11 is 0. The predicted molar refractivity (Wildman–Crippen MR) is 231 cm³/mol. The fourth-order valence-electron chi connectivity index (χ4n) is 5.69. The number of nitrogens with zero attached hydrogens (tertiary/aromatic N) is 1. The van der Waals surface area contributed by atoms with Crippen molar-refractivity contribution in [3.8, 4) is 0 Å². The first-order chi connectivity index (χ1) is 26.6. The van der Waals surface area contributed by atoms with Crippen LogP contribution in [-0.2, 0) is 27.9 Å². The van der Waals surface area contributed by atoms with Gasteiger partial charge in [-0.2, -0.15) is 0 Å². The van der Waals surface area contributed by atoms with Gasteiger partial charge in [-0.05, 0) is 57.8 Å². The summed E-state index contributed by atoms with van der Waals surface area (Å²) in [7, 11) is 1.33. The summed E-state index contributed by atoms with van der Waals surface area (Å²) in [6.07, 6.45) is 48.0. The molecule has 2 atom stereocenters. The molecule has 0 fully saturated rings. The molecule has 0 aromatic rings. The molecule has 55 heavy (non-hydrogen) atoms. The Balaban J connectivity index is 4.28. The number of hydrogen-bond donors (Lipinski definition) is 0. The highest BCUT2D eigenvalue weighted by atomic mass is 31.2. The summed E-state index contributed by atoms with van der Waals surface area (Å²) in [6.45, 7) is 5.23. The molecule has 0 saturated heterocycles. The van der Waals surface area contributed by atoms with E-state index in [0.29, 0.717) is 24.1 Å². The van der Waals surface area contributed by atoms with Crippen molar-refractivity contribution in [2.24, 2.45) is 0 Å². The molecular formula is C46H84NO7P. The van der Waals surface area contributed by atoms with Crippen LogP contribution in [0, 0.1) is 0 Å².